The summed E-state index contributed by atoms with van der Waals surface area (Å²) in [5.41, 5.74) is 3.17. The summed E-state index contributed by atoms with van der Waals surface area (Å²) in [5, 5.41) is 5.62. The number of esters is 1. The second kappa shape index (κ2) is 10.8. The Labute approximate surface area is 193 Å². The van der Waals surface area contributed by atoms with Crippen LogP contribution in [0.25, 0.3) is 0 Å². The Hall–Kier alpha value is -3.65. The maximum Gasteiger partial charge on any atom is 0.338 e. The minimum absolute atomic E-state index is 0.0746. The Morgan fingerprint density at radius 2 is 1.76 bits per heavy atom. The molecule has 1 heterocycles. The van der Waals surface area contributed by atoms with Gasteiger partial charge < -0.3 is 25.0 Å². The van der Waals surface area contributed by atoms with Crippen molar-refractivity contribution in [1.82, 2.24) is 10.2 Å². The molecule has 0 spiro atoms. The molecule has 1 unspecified atom stereocenters. The fourth-order valence-corrected chi connectivity index (χ4v) is 3.42. The molecule has 0 saturated heterocycles. The van der Waals surface area contributed by atoms with Gasteiger partial charge in [0.15, 0.2) is 0 Å². The molecule has 1 atom stereocenters. The second-order valence-corrected chi connectivity index (χ2v) is 8.04. The quantitative estimate of drug-likeness (QED) is 0.596. The highest BCUT2D eigenvalue weighted by Crippen LogP contribution is 2.31. The number of allylic oxidation sites excluding steroid dienone is 1. The Bertz CT molecular complexity index is 1030. The number of ether oxygens (including phenoxy) is 2. The third kappa shape index (κ3) is 6.20. The molecule has 2 aromatic rings. The molecule has 3 amide bonds. The van der Waals surface area contributed by atoms with Crippen molar-refractivity contribution in [3.8, 4) is 0 Å². The Balaban J connectivity index is 1.66. The fraction of sp³-hybridized carbons (Fsp3) is 0.320. The minimum atomic E-state index is -0.654. The van der Waals surface area contributed by atoms with Gasteiger partial charge in [0.2, 0.25) is 5.91 Å². The van der Waals surface area contributed by atoms with E-state index in [2.05, 4.69) is 10.6 Å². The van der Waals surface area contributed by atoms with Gasteiger partial charge in [0.25, 0.3) is 0 Å². The van der Waals surface area contributed by atoms with Crippen LogP contribution in [0.3, 0.4) is 0 Å². The van der Waals surface area contributed by atoms with Gasteiger partial charge in [-0.2, -0.15) is 0 Å². The number of anilines is 1. The maximum atomic E-state index is 12.7. The van der Waals surface area contributed by atoms with Crippen molar-refractivity contribution in [3.05, 3.63) is 77.0 Å². The van der Waals surface area contributed by atoms with Crippen LogP contribution in [0.1, 0.15) is 37.9 Å². The fourth-order valence-electron chi connectivity index (χ4n) is 3.42. The number of hydrogen-bond donors (Lipinski definition) is 2. The first-order valence-corrected chi connectivity index (χ1v) is 10.7. The largest absolute Gasteiger partial charge is 0.459 e. The van der Waals surface area contributed by atoms with Crippen molar-refractivity contribution in [2.45, 2.75) is 39.5 Å². The Kier molecular flexibility index (Phi) is 7.84. The van der Waals surface area contributed by atoms with E-state index in [0.29, 0.717) is 29.1 Å². The summed E-state index contributed by atoms with van der Waals surface area (Å²) >= 11 is 0. The predicted octanol–water partition coefficient (Wildman–Crippen LogP) is 3.76. The van der Waals surface area contributed by atoms with Crippen LogP contribution in [-0.2, 0) is 25.7 Å². The van der Waals surface area contributed by atoms with Crippen LogP contribution < -0.4 is 10.6 Å². The van der Waals surface area contributed by atoms with E-state index in [4.69, 9.17) is 9.47 Å². The molecule has 1 aliphatic rings. The molecule has 0 fully saturated rings. The molecule has 2 aromatic carbocycles. The van der Waals surface area contributed by atoms with E-state index in [1.54, 1.807) is 52.1 Å². The monoisotopic (exact) mass is 451 g/mol. The number of hydrogen-bond acceptors (Lipinski definition) is 5. The average Bonchev–Trinajstić information content (AvgIpc) is 2.78. The van der Waals surface area contributed by atoms with Crippen molar-refractivity contribution >= 4 is 23.6 Å². The van der Waals surface area contributed by atoms with E-state index >= 15 is 0 Å². The normalized spacial score (nSPS) is 16.0. The van der Waals surface area contributed by atoms with E-state index in [-0.39, 0.29) is 24.6 Å². The van der Waals surface area contributed by atoms with E-state index in [9.17, 15) is 14.4 Å². The van der Waals surface area contributed by atoms with Gasteiger partial charge >= 0.3 is 12.0 Å². The highest BCUT2D eigenvalue weighted by molar-refractivity contribution is 5.95. The van der Waals surface area contributed by atoms with Gasteiger partial charge in [0.05, 0.1) is 24.3 Å². The zero-order valence-corrected chi connectivity index (χ0v) is 19.3. The molecule has 0 saturated carbocycles. The standard InChI is InChI=1S/C25H29N3O5/c1-16(2)33-24(30)22-17(3)28(4)25(31)27-23(22)19-10-12-20(13-11-19)26-21(29)15-32-14-18-8-6-5-7-9-18/h5-13,16,23H,14-15H2,1-4H3,(H,26,29)(H,27,31). The van der Waals surface area contributed by atoms with E-state index < -0.39 is 12.0 Å². The molecule has 1 aliphatic heterocycles. The lowest BCUT2D eigenvalue weighted by Crippen LogP contribution is -2.46. The molecule has 2 N–H and O–H groups in total. The molecule has 0 aliphatic carbocycles. The van der Waals surface area contributed by atoms with Crippen LogP contribution in [0.4, 0.5) is 10.5 Å². The lowest BCUT2D eigenvalue weighted by molar-refractivity contribution is -0.143. The minimum Gasteiger partial charge on any atom is -0.459 e. The Morgan fingerprint density at radius 1 is 1.09 bits per heavy atom. The molecule has 8 heteroatoms. The molecule has 3 rings (SSSR count). The van der Waals surface area contributed by atoms with Gasteiger partial charge in [0.1, 0.15) is 6.61 Å². The van der Waals surface area contributed by atoms with Crippen LogP contribution >= 0.6 is 0 Å². The topological polar surface area (TPSA) is 97.0 Å². The van der Waals surface area contributed by atoms with Gasteiger partial charge in [-0.05, 0) is 44.0 Å². The zero-order chi connectivity index (χ0) is 24.0. The lowest BCUT2D eigenvalue weighted by Gasteiger charge is -2.33. The van der Waals surface area contributed by atoms with Gasteiger partial charge in [-0.25, -0.2) is 9.59 Å². The van der Waals surface area contributed by atoms with Crippen molar-refractivity contribution in [2.75, 3.05) is 19.0 Å². The van der Waals surface area contributed by atoms with E-state index in [1.165, 1.54) is 4.90 Å². The highest BCUT2D eigenvalue weighted by atomic mass is 16.5. The van der Waals surface area contributed by atoms with Crippen molar-refractivity contribution < 1.29 is 23.9 Å². The van der Waals surface area contributed by atoms with Crippen LogP contribution in [-0.4, -0.2) is 42.6 Å². The molecule has 0 bridgehead atoms. The van der Waals surface area contributed by atoms with Crippen LogP contribution in [0.5, 0.6) is 0 Å². The molecular formula is C25H29N3O5. The van der Waals surface area contributed by atoms with Gasteiger partial charge in [-0.15, -0.1) is 0 Å². The van der Waals surface area contributed by atoms with Crippen molar-refractivity contribution in [2.24, 2.45) is 0 Å². The number of nitrogens with one attached hydrogen (secondary N) is 2. The first-order valence-electron chi connectivity index (χ1n) is 10.7. The maximum absolute atomic E-state index is 12.7. The van der Waals surface area contributed by atoms with Crippen molar-refractivity contribution in [3.63, 3.8) is 0 Å². The third-order valence-corrected chi connectivity index (χ3v) is 5.19. The summed E-state index contributed by atoms with van der Waals surface area (Å²) in [6.07, 6.45) is -0.289. The summed E-state index contributed by atoms with van der Waals surface area (Å²) in [4.78, 5) is 38.7. The van der Waals surface area contributed by atoms with E-state index in [0.717, 1.165) is 5.56 Å². The first-order chi connectivity index (χ1) is 15.8. The van der Waals surface area contributed by atoms with Gasteiger partial charge in [-0.1, -0.05) is 42.5 Å². The SMILES string of the molecule is CC1=C(C(=O)OC(C)C)C(c2ccc(NC(=O)COCc3ccccc3)cc2)NC(=O)N1C. The summed E-state index contributed by atoms with van der Waals surface area (Å²) in [7, 11) is 1.60. The average molecular weight is 452 g/mol. The predicted molar refractivity (Wildman–Crippen MR) is 124 cm³/mol. The summed E-state index contributed by atoms with van der Waals surface area (Å²) in [5.74, 6) is -0.754. The summed E-state index contributed by atoms with van der Waals surface area (Å²) in [6, 6.07) is 15.6. The summed E-state index contributed by atoms with van der Waals surface area (Å²) in [6.45, 7) is 5.54. The molecular weight excluding hydrogens is 422 g/mol. The Morgan fingerprint density at radius 3 is 2.39 bits per heavy atom. The molecule has 8 nitrogen and oxygen atoms in total. The second-order valence-electron chi connectivity index (χ2n) is 8.04. The van der Waals surface area contributed by atoms with Gasteiger partial charge in [-0.3, -0.25) is 4.79 Å². The molecule has 0 aromatic heterocycles. The van der Waals surface area contributed by atoms with Crippen LogP contribution in [0.15, 0.2) is 65.9 Å². The molecule has 174 valence electrons. The smallest absolute Gasteiger partial charge is 0.338 e. The van der Waals surface area contributed by atoms with Gasteiger partial charge in [0, 0.05) is 18.4 Å². The zero-order valence-electron chi connectivity index (χ0n) is 19.3. The number of rotatable bonds is 8. The van der Waals surface area contributed by atoms with Crippen LogP contribution in [0.2, 0.25) is 0 Å². The summed E-state index contributed by atoms with van der Waals surface area (Å²) < 4.78 is 10.9. The number of carbonyl (C=O) groups is 3. The molecule has 33 heavy (non-hydrogen) atoms. The number of carbonyl (C=O) groups excluding carboxylic acids is 3. The first kappa shape index (κ1) is 24.0. The number of nitrogens with zero attached hydrogens (tertiary/aromatic N) is 1. The van der Waals surface area contributed by atoms with Crippen LogP contribution in [0, 0.1) is 0 Å². The van der Waals surface area contributed by atoms with E-state index in [1.807, 2.05) is 30.3 Å². The number of amides is 3. The number of urea groups is 1. The van der Waals surface area contributed by atoms with Crippen molar-refractivity contribution in [1.29, 1.82) is 0 Å². The lowest BCUT2D eigenvalue weighted by atomic mass is 9.95. The third-order valence-electron chi connectivity index (χ3n) is 5.19. The molecule has 0 radical (unpaired) electrons. The number of benzene rings is 2. The highest BCUT2D eigenvalue weighted by Gasteiger charge is 2.35.